The number of hydrogen-bond acceptors (Lipinski definition) is 5. The van der Waals surface area contributed by atoms with Gasteiger partial charge in [0.1, 0.15) is 11.0 Å². The molecular formula is C30H36ClF3N4O3. The number of aromatic nitrogens is 1. The van der Waals surface area contributed by atoms with Gasteiger partial charge in [0, 0.05) is 46.3 Å². The van der Waals surface area contributed by atoms with E-state index in [1.54, 1.807) is 32.3 Å². The third-order valence-electron chi connectivity index (χ3n) is 8.84. The molecule has 2 heterocycles. The van der Waals surface area contributed by atoms with Gasteiger partial charge in [-0.1, -0.05) is 35.9 Å². The molecule has 1 aromatic heterocycles. The van der Waals surface area contributed by atoms with Gasteiger partial charge >= 0.3 is 6.18 Å². The molecule has 1 saturated heterocycles. The predicted molar refractivity (Wildman–Crippen MR) is 150 cm³/mol. The van der Waals surface area contributed by atoms with Crippen LogP contribution in [0.25, 0.3) is 0 Å². The van der Waals surface area contributed by atoms with E-state index in [4.69, 9.17) is 11.6 Å². The fraction of sp³-hybridized carbons (Fsp3) is 0.567. The summed E-state index contributed by atoms with van der Waals surface area (Å²) in [7, 11) is 4.66. The van der Waals surface area contributed by atoms with Crippen LogP contribution in [-0.2, 0) is 10.4 Å². The molecule has 1 aromatic carbocycles. The Bertz CT molecular complexity index is 1310. The summed E-state index contributed by atoms with van der Waals surface area (Å²) in [5, 5.41) is 11.1. The Hall–Kier alpha value is -2.85. The van der Waals surface area contributed by atoms with Gasteiger partial charge in [-0.25, -0.2) is 4.98 Å². The van der Waals surface area contributed by atoms with Gasteiger partial charge in [-0.2, -0.15) is 13.2 Å². The molecular weight excluding hydrogens is 557 g/mol. The molecule has 41 heavy (non-hydrogen) atoms. The van der Waals surface area contributed by atoms with Crippen molar-refractivity contribution < 1.29 is 27.9 Å². The van der Waals surface area contributed by atoms with Crippen LogP contribution in [0.4, 0.5) is 19.0 Å². The second-order valence-corrected chi connectivity index (χ2v) is 12.3. The Morgan fingerprint density at radius 2 is 1.76 bits per heavy atom. The Morgan fingerprint density at radius 3 is 2.34 bits per heavy atom. The molecule has 2 aromatic rings. The summed E-state index contributed by atoms with van der Waals surface area (Å²) in [6, 6.07) is 9.24. The van der Waals surface area contributed by atoms with Crippen molar-refractivity contribution in [2.24, 2.45) is 17.8 Å². The topological polar surface area (TPSA) is 77.0 Å². The molecule has 3 aliphatic rings. The van der Waals surface area contributed by atoms with Crippen molar-refractivity contribution in [2.75, 3.05) is 45.7 Å². The molecule has 2 amide bonds. The molecule has 5 rings (SSSR count). The highest BCUT2D eigenvalue weighted by Crippen LogP contribution is 2.49. The van der Waals surface area contributed by atoms with Gasteiger partial charge in [0.2, 0.25) is 0 Å². The largest absolute Gasteiger partial charge is 0.430 e. The monoisotopic (exact) mass is 592 g/mol. The van der Waals surface area contributed by atoms with E-state index in [2.05, 4.69) is 9.88 Å². The highest BCUT2D eigenvalue weighted by molar-refractivity contribution is 6.32. The first-order valence-electron chi connectivity index (χ1n) is 14.1. The standard InChI is InChI=1S/C30H36ClF3N4O3/c1-36(2)27(39)23-9-10-25(35-26(23)31)38-13-11-19(12-14-38)24-16-21(24)17-37(3)28(40)29(41,30(32,33)34)22-6-4-5-20(15-22)18-7-8-18/h4-6,9-10,15,18-19,21,24,41H,7-8,11-14,16-17H2,1-3H3/t21-,24+,29+/m0/s1. The number of amides is 2. The highest BCUT2D eigenvalue weighted by Gasteiger charge is 2.62. The van der Waals surface area contributed by atoms with Crippen LogP contribution in [0.2, 0.25) is 5.15 Å². The number of anilines is 1. The van der Waals surface area contributed by atoms with Crippen LogP contribution in [0.3, 0.4) is 0 Å². The van der Waals surface area contributed by atoms with Crippen molar-refractivity contribution in [1.82, 2.24) is 14.8 Å². The van der Waals surface area contributed by atoms with Gasteiger partial charge in [-0.15, -0.1) is 0 Å². The minimum atomic E-state index is -5.15. The lowest BCUT2D eigenvalue weighted by Gasteiger charge is -2.34. The summed E-state index contributed by atoms with van der Waals surface area (Å²) in [6.07, 6.45) is -0.732. The number of aliphatic hydroxyl groups is 1. The summed E-state index contributed by atoms with van der Waals surface area (Å²) in [6.45, 7) is 1.67. The summed E-state index contributed by atoms with van der Waals surface area (Å²) in [5.41, 5.74) is -2.92. The van der Waals surface area contributed by atoms with Crippen molar-refractivity contribution in [3.05, 3.63) is 58.2 Å². The minimum absolute atomic E-state index is 0.0969. The van der Waals surface area contributed by atoms with Crippen molar-refractivity contribution >= 4 is 29.2 Å². The van der Waals surface area contributed by atoms with E-state index in [1.807, 2.05) is 0 Å². The number of halogens is 4. The maximum absolute atomic E-state index is 14.2. The molecule has 0 radical (unpaired) electrons. The Labute approximate surface area is 243 Å². The average molecular weight is 593 g/mol. The highest BCUT2D eigenvalue weighted by atomic mass is 35.5. The molecule has 3 atom stereocenters. The first-order chi connectivity index (χ1) is 19.3. The van der Waals surface area contributed by atoms with Crippen LogP contribution in [0, 0.1) is 17.8 Å². The Morgan fingerprint density at radius 1 is 1.07 bits per heavy atom. The summed E-state index contributed by atoms with van der Waals surface area (Å²) < 4.78 is 42.7. The third kappa shape index (κ3) is 5.91. The maximum Gasteiger partial charge on any atom is 0.430 e. The zero-order valence-electron chi connectivity index (χ0n) is 23.5. The molecule has 2 saturated carbocycles. The number of carbonyl (C=O) groups excluding carboxylic acids is 2. The van der Waals surface area contributed by atoms with Gasteiger partial charge in [0.25, 0.3) is 17.4 Å². The fourth-order valence-corrected chi connectivity index (χ4v) is 6.40. The molecule has 0 unspecified atom stereocenters. The maximum atomic E-state index is 14.2. The molecule has 222 valence electrons. The van der Waals surface area contributed by atoms with E-state index in [1.165, 1.54) is 30.1 Å². The van der Waals surface area contributed by atoms with Crippen LogP contribution in [0.15, 0.2) is 36.4 Å². The number of likely N-dealkylation sites (N-methyl/N-ethyl adjacent to an activating group) is 1. The Kier molecular flexibility index (Phi) is 8.02. The number of piperidine rings is 1. The SMILES string of the molecule is CN(C)C(=O)c1ccc(N2CCC([C@H]3C[C@H]3CN(C)C(=O)[C@](O)(c3cccc(C4CC4)c3)C(F)(F)F)CC2)nc1Cl. The van der Waals surface area contributed by atoms with Gasteiger partial charge < -0.3 is 19.8 Å². The van der Waals surface area contributed by atoms with E-state index >= 15 is 0 Å². The van der Waals surface area contributed by atoms with Crippen LogP contribution in [-0.4, -0.2) is 78.7 Å². The second kappa shape index (κ2) is 11.1. The number of benzene rings is 1. The fourth-order valence-electron chi connectivity index (χ4n) is 6.17. The lowest BCUT2D eigenvalue weighted by Crippen LogP contribution is -2.55. The first kappa shape index (κ1) is 29.6. The second-order valence-electron chi connectivity index (χ2n) is 12.0. The van der Waals surface area contributed by atoms with Crippen LogP contribution < -0.4 is 4.90 Å². The zero-order valence-corrected chi connectivity index (χ0v) is 24.3. The molecule has 0 spiro atoms. The van der Waals surface area contributed by atoms with E-state index in [-0.39, 0.29) is 29.4 Å². The van der Waals surface area contributed by atoms with Crippen LogP contribution >= 0.6 is 11.6 Å². The van der Waals surface area contributed by atoms with E-state index in [0.29, 0.717) is 23.2 Å². The Balaban J connectivity index is 1.18. The zero-order chi connectivity index (χ0) is 29.7. The van der Waals surface area contributed by atoms with E-state index in [9.17, 15) is 27.9 Å². The normalized spacial score (nSPS) is 22.7. The van der Waals surface area contributed by atoms with Crippen molar-refractivity contribution in [3.63, 3.8) is 0 Å². The molecule has 2 aliphatic carbocycles. The predicted octanol–water partition coefficient (Wildman–Crippen LogP) is 5.08. The summed E-state index contributed by atoms with van der Waals surface area (Å²) in [4.78, 5) is 34.5. The van der Waals surface area contributed by atoms with Gasteiger partial charge in [-0.3, -0.25) is 9.59 Å². The number of alkyl halides is 3. The molecule has 7 nitrogen and oxygen atoms in total. The average Bonchev–Trinajstić information content (AvgIpc) is 3.87. The lowest BCUT2D eigenvalue weighted by molar-refractivity contribution is -0.261. The summed E-state index contributed by atoms with van der Waals surface area (Å²) in [5.74, 6) is 0.161. The molecule has 1 N–H and O–H groups in total. The number of hydrogen-bond donors (Lipinski definition) is 1. The van der Waals surface area contributed by atoms with Crippen molar-refractivity contribution in [2.45, 2.75) is 49.8 Å². The van der Waals surface area contributed by atoms with Crippen LogP contribution in [0.5, 0.6) is 0 Å². The van der Waals surface area contributed by atoms with Crippen LogP contribution in [0.1, 0.15) is 59.5 Å². The molecule has 11 heteroatoms. The number of pyridine rings is 1. The number of rotatable bonds is 8. The minimum Gasteiger partial charge on any atom is -0.369 e. The quantitative estimate of drug-likeness (QED) is 0.433. The molecule has 3 fully saturated rings. The van der Waals surface area contributed by atoms with Crippen molar-refractivity contribution in [1.29, 1.82) is 0 Å². The van der Waals surface area contributed by atoms with E-state index < -0.39 is 23.2 Å². The lowest BCUT2D eigenvalue weighted by atomic mass is 9.89. The number of nitrogens with zero attached hydrogens (tertiary/aromatic N) is 4. The smallest absolute Gasteiger partial charge is 0.369 e. The van der Waals surface area contributed by atoms with E-state index in [0.717, 1.165) is 55.7 Å². The van der Waals surface area contributed by atoms with Gasteiger partial charge in [0.05, 0.1) is 5.56 Å². The van der Waals surface area contributed by atoms with Gasteiger partial charge in [0.15, 0.2) is 0 Å². The summed E-state index contributed by atoms with van der Waals surface area (Å²) >= 11 is 6.29. The number of carbonyl (C=O) groups is 2. The third-order valence-corrected chi connectivity index (χ3v) is 9.13. The van der Waals surface area contributed by atoms with Gasteiger partial charge in [-0.05, 0) is 73.5 Å². The van der Waals surface area contributed by atoms with Crippen molar-refractivity contribution in [3.8, 4) is 0 Å². The first-order valence-corrected chi connectivity index (χ1v) is 14.5. The molecule has 1 aliphatic heterocycles. The molecule has 0 bridgehead atoms.